The van der Waals surface area contributed by atoms with E-state index >= 15 is 0 Å². The summed E-state index contributed by atoms with van der Waals surface area (Å²) in [6, 6.07) is 20.5. The maximum Gasteiger partial charge on any atom is 0.255 e. The van der Waals surface area contributed by atoms with Gasteiger partial charge < -0.3 is 10.6 Å². The molecule has 8 heteroatoms. The quantitative estimate of drug-likeness (QED) is 0.514. The number of hydrogen-bond acceptors (Lipinski definition) is 6. The van der Waals surface area contributed by atoms with Crippen molar-refractivity contribution in [2.75, 3.05) is 24.3 Å². The maximum atomic E-state index is 12.8. The summed E-state index contributed by atoms with van der Waals surface area (Å²) in [4.78, 5) is 19.8. The largest absolute Gasteiger partial charge is 0.367 e. The van der Waals surface area contributed by atoms with Crippen LogP contribution < -0.4 is 10.6 Å². The molecule has 1 amide bonds. The summed E-state index contributed by atoms with van der Waals surface area (Å²) in [5.74, 6) is -0.455. The van der Waals surface area contributed by atoms with Gasteiger partial charge >= 0.3 is 0 Å². The number of carbonyl (C=O) groups is 1. The Balaban J connectivity index is 1.33. The van der Waals surface area contributed by atoms with Crippen LogP contribution in [0.15, 0.2) is 77.8 Å². The highest BCUT2D eigenvalue weighted by molar-refractivity contribution is 7.91. The summed E-state index contributed by atoms with van der Waals surface area (Å²) in [5.41, 5.74) is 2.62. The number of anilines is 1. The Morgan fingerprint density at radius 2 is 1.71 bits per heavy atom. The van der Waals surface area contributed by atoms with Gasteiger partial charge in [0.1, 0.15) is 11.7 Å². The maximum absolute atomic E-state index is 12.8. The van der Waals surface area contributed by atoms with Gasteiger partial charge in [0, 0.05) is 31.9 Å². The van der Waals surface area contributed by atoms with Gasteiger partial charge in [-0.25, -0.2) is 13.4 Å². The first-order valence-electron chi connectivity index (χ1n) is 11.5. The summed E-state index contributed by atoms with van der Waals surface area (Å²) in [5, 5.41) is 5.95. The normalized spacial score (nSPS) is 15.1. The number of rotatable bonds is 8. The first-order valence-corrected chi connectivity index (χ1v) is 13.1. The molecule has 1 aliphatic heterocycles. The standard InChI is InChI=1S/C26H30N4O3S/c1-20-9-11-23(12-10-20)34(32,33)19-28-26(31)24-8-5-15-27-25(24)29-22-13-16-30(17-14-22)18-21-6-3-2-4-7-21/h2-12,15,22H,13-14,16-19H2,1H3,(H,27,29)(H,28,31). The van der Waals surface area contributed by atoms with Crippen LogP contribution in [0.5, 0.6) is 0 Å². The van der Waals surface area contributed by atoms with Crippen molar-refractivity contribution in [3.05, 3.63) is 89.6 Å². The Morgan fingerprint density at radius 1 is 1.00 bits per heavy atom. The van der Waals surface area contributed by atoms with Crippen LogP contribution in [0.2, 0.25) is 0 Å². The molecule has 7 nitrogen and oxygen atoms in total. The molecule has 1 aliphatic rings. The first kappa shape index (κ1) is 23.9. The predicted molar refractivity (Wildman–Crippen MR) is 133 cm³/mol. The van der Waals surface area contributed by atoms with Crippen LogP contribution >= 0.6 is 0 Å². The van der Waals surface area contributed by atoms with Crippen molar-refractivity contribution in [1.82, 2.24) is 15.2 Å². The number of likely N-dealkylation sites (tertiary alicyclic amines) is 1. The Morgan fingerprint density at radius 3 is 2.41 bits per heavy atom. The highest BCUT2D eigenvalue weighted by Crippen LogP contribution is 2.20. The van der Waals surface area contributed by atoms with E-state index in [-0.39, 0.29) is 10.9 Å². The first-order chi connectivity index (χ1) is 16.4. The number of nitrogens with zero attached hydrogens (tertiary/aromatic N) is 2. The topological polar surface area (TPSA) is 91.4 Å². The Labute approximate surface area is 201 Å². The summed E-state index contributed by atoms with van der Waals surface area (Å²) in [6.45, 7) is 4.73. The second-order valence-electron chi connectivity index (χ2n) is 8.66. The van der Waals surface area contributed by atoms with Crippen LogP contribution in [0.1, 0.15) is 34.3 Å². The third-order valence-corrected chi connectivity index (χ3v) is 7.55. The zero-order valence-corrected chi connectivity index (χ0v) is 20.1. The molecule has 0 radical (unpaired) electrons. The SMILES string of the molecule is Cc1ccc(S(=O)(=O)CNC(=O)c2cccnc2NC2CCN(Cc3ccccc3)CC2)cc1. The number of aromatic nitrogens is 1. The number of sulfone groups is 1. The van der Waals surface area contributed by atoms with Gasteiger partial charge in [-0.15, -0.1) is 0 Å². The van der Waals surface area contributed by atoms with E-state index in [1.165, 1.54) is 5.56 Å². The average Bonchev–Trinajstić information content (AvgIpc) is 2.85. The van der Waals surface area contributed by atoms with Crippen LogP contribution in [0, 0.1) is 6.92 Å². The smallest absolute Gasteiger partial charge is 0.255 e. The van der Waals surface area contributed by atoms with Crippen molar-refractivity contribution in [3.8, 4) is 0 Å². The summed E-state index contributed by atoms with van der Waals surface area (Å²) in [6.07, 6.45) is 3.51. The minimum atomic E-state index is -3.63. The van der Waals surface area contributed by atoms with Crippen LogP contribution in [0.25, 0.3) is 0 Å². The molecule has 2 N–H and O–H groups in total. The fourth-order valence-electron chi connectivity index (χ4n) is 4.06. The van der Waals surface area contributed by atoms with Crippen LogP contribution in [-0.4, -0.2) is 49.2 Å². The monoisotopic (exact) mass is 478 g/mol. The van der Waals surface area contributed by atoms with Crippen LogP contribution in [0.4, 0.5) is 5.82 Å². The molecule has 34 heavy (non-hydrogen) atoms. The summed E-state index contributed by atoms with van der Waals surface area (Å²) < 4.78 is 25.2. The second kappa shape index (κ2) is 10.8. The van der Waals surface area contributed by atoms with Gasteiger partial charge in [0.05, 0.1) is 10.5 Å². The number of piperidine rings is 1. The molecular formula is C26H30N4O3S. The number of hydrogen-bond donors (Lipinski definition) is 2. The number of nitrogens with one attached hydrogen (secondary N) is 2. The third kappa shape index (κ3) is 6.21. The molecule has 0 saturated carbocycles. The van der Waals surface area contributed by atoms with Gasteiger partial charge in [0.25, 0.3) is 5.91 Å². The van der Waals surface area contributed by atoms with E-state index in [0.29, 0.717) is 11.4 Å². The highest BCUT2D eigenvalue weighted by Gasteiger charge is 2.22. The molecule has 3 aromatic rings. The molecule has 178 valence electrons. The van der Waals surface area contributed by atoms with Gasteiger partial charge in [0.2, 0.25) is 0 Å². The van der Waals surface area contributed by atoms with Crippen LogP contribution in [-0.2, 0) is 16.4 Å². The third-order valence-electron chi connectivity index (χ3n) is 6.03. The van der Waals surface area contributed by atoms with Crippen LogP contribution in [0.3, 0.4) is 0 Å². The van der Waals surface area contributed by atoms with E-state index in [4.69, 9.17) is 0 Å². The van der Waals surface area contributed by atoms with Gasteiger partial charge in [0.15, 0.2) is 9.84 Å². The number of carbonyl (C=O) groups excluding carboxylic acids is 1. The zero-order chi connectivity index (χ0) is 24.0. The number of benzene rings is 2. The molecule has 1 saturated heterocycles. The summed E-state index contributed by atoms with van der Waals surface area (Å²) >= 11 is 0. The van der Waals surface area contributed by atoms with E-state index in [2.05, 4.69) is 44.8 Å². The molecule has 2 aromatic carbocycles. The van der Waals surface area contributed by atoms with Gasteiger partial charge in [-0.05, 0) is 49.6 Å². The molecule has 0 unspecified atom stereocenters. The van der Waals surface area contributed by atoms with Crippen molar-refractivity contribution in [3.63, 3.8) is 0 Å². The van der Waals surface area contributed by atoms with E-state index in [1.54, 1.807) is 42.6 Å². The highest BCUT2D eigenvalue weighted by atomic mass is 32.2. The molecule has 0 spiro atoms. The van der Waals surface area contributed by atoms with E-state index < -0.39 is 21.6 Å². The molecule has 1 aromatic heterocycles. The van der Waals surface area contributed by atoms with Crippen molar-refractivity contribution in [1.29, 1.82) is 0 Å². The Kier molecular flexibility index (Phi) is 7.59. The molecule has 1 fully saturated rings. The van der Waals surface area contributed by atoms with Gasteiger partial charge in [-0.1, -0.05) is 48.0 Å². The van der Waals surface area contributed by atoms with E-state index in [9.17, 15) is 13.2 Å². The van der Waals surface area contributed by atoms with E-state index in [1.807, 2.05) is 13.0 Å². The van der Waals surface area contributed by atoms with Gasteiger partial charge in [-0.2, -0.15) is 0 Å². The molecule has 0 bridgehead atoms. The Hall–Kier alpha value is -3.23. The zero-order valence-electron chi connectivity index (χ0n) is 19.3. The van der Waals surface area contributed by atoms with Crippen molar-refractivity contribution in [2.45, 2.75) is 37.2 Å². The lowest BCUT2D eigenvalue weighted by atomic mass is 10.0. The van der Waals surface area contributed by atoms with Gasteiger partial charge in [-0.3, -0.25) is 9.69 Å². The minimum Gasteiger partial charge on any atom is -0.367 e. The second-order valence-corrected chi connectivity index (χ2v) is 10.6. The average molecular weight is 479 g/mol. The molecule has 0 aliphatic carbocycles. The fourth-order valence-corrected chi connectivity index (χ4v) is 5.10. The lowest BCUT2D eigenvalue weighted by Crippen LogP contribution is -2.39. The number of amides is 1. The minimum absolute atomic E-state index is 0.185. The number of pyridine rings is 1. The van der Waals surface area contributed by atoms with E-state index in [0.717, 1.165) is 38.0 Å². The fraction of sp³-hybridized carbons (Fsp3) is 0.308. The van der Waals surface area contributed by atoms with Crippen molar-refractivity contribution < 1.29 is 13.2 Å². The summed E-state index contributed by atoms with van der Waals surface area (Å²) in [7, 11) is -3.63. The Bertz CT molecular complexity index is 1210. The van der Waals surface area contributed by atoms with Crippen molar-refractivity contribution >= 4 is 21.6 Å². The molecular weight excluding hydrogens is 448 g/mol. The lowest BCUT2D eigenvalue weighted by Gasteiger charge is -2.32. The lowest BCUT2D eigenvalue weighted by molar-refractivity contribution is 0.0960. The molecule has 0 atom stereocenters. The molecule has 4 rings (SSSR count). The molecule has 2 heterocycles. The number of aryl methyl sites for hydroxylation is 1. The predicted octanol–water partition coefficient (Wildman–Crippen LogP) is 3.63. The van der Waals surface area contributed by atoms with Crippen molar-refractivity contribution in [2.24, 2.45) is 0 Å².